The SMILES string of the molecule is CC(C)(C)OC(=O)N=S(C)(=O)c1ccc(C(=O)Nc2cc(-c3ccccn3)ccc2NC(=O)OC(C)(C)C)cc1. The highest BCUT2D eigenvalue weighted by molar-refractivity contribution is 7.93. The fourth-order valence-electron chi connectivity index (χ4n) is 3.39. The van der Waals surface area contributed by atoms with Crippen molar-refractivity contribution in [3.8, 4) is 11.3 Å². The molecule has 10 nitrogen and oxygen atoms in total. The molecule has 3 amide bonds. The quantitative estimate of drug-likeness (QED) is 0.349. The van der Waals surface area contributed by atoms with Crippen LogP contribution in [0.4, 0.5) is 21.0 Å². The predicted molar refractivity (Wildman–Crippen MR) is 155 cm³/mol. The zero-order valence-corrected chi connectivity index (χ0v) is 24.4. The van der Waals surface area contributed by atoms with Gasteiger partial charge in [0.15, 0.2) is 0 Å². The van der Waals surface area contributed by atoms with Crippen LogP contribution in [0.3, 0.4) is 0 Å². The van der Waals surface area contributed by atoms with Crippen LogP contribution in [-0.4, -0.2) is 44.7 Å². The highest BCUT2D eigenvalue weighted by atomic mass is 32.2. The van der Waals surface area contributed by atoms with Gasteiger partial charge in [-0.15, -0.1) is 4.36 Å². The van der Waals surface area contributed by atoms with Crippen molar-refractivity contribution in [1.29, 1.82) is 0 Å². The van der Waals surface area contributed by atoms with Gasteiger partial charge in [-0.05, 0) is 90.1 Å². The number of hydrogen-bond donors (Lipinski definition) is 2. The molecule has 1 atom stereocenters. The molecule has 0 aliphatic carbocycles. The normalized spacial score (nSPS) is 13.0. The van der Waals surface area contributed by atoms with E-state index in [9.17, 15) is 18.6 Å². The van der Waals surface area contributed by atoms with Gasteiger partial charge >= 0.3 is 12.2 Å². The third-order valence-electron chi connectivity index (χ3n) is 5.06. The van der Waals surface area contributed by atoms with Crippen molar-refractivity contribution in [2.75, 3.05) is 16.9 Å². The number of carbonyl (C=O) groups is 3. The van der Waals surface area contributed by atoms with Crippen molar-refractivity contribution in [2.45, 2.75) is 57.6 Å². The number of ether oxygens (including phenoxy) is 2. The van der Waals surface area contributed by atoms with E-state index in [-0.39, 0.29) is 10.5 Å². The van der Waals surface area contributed by atoms with Crippen molar-refractivity contribution in [3.05, 3.63) is 72.4 Å². The molecular weight excluding hydrogens is 532 g/mol. The minimum atomic E-state index is -3.10. The molecule has 2 N–H and O–H groups in total. The average Bonchev–Trinajstić information content (AvgIpc) is 2.83. The van der Waals surface area contributed by atoms with E-state index in [1.165, 1.54) is 30.5 Å². The first-order chi connectivity index (χ1) is 18.5. The van der Waals surface area contributed by atoms with Crippen LogP contribution in [0.2, 0.25) is 0 Å². The van der Waals surface area contributed by atoms with Gasteiger partial charge in [-0.2, -0.15) is 0 Å². The van der Waals surface area contributed by atoms with Gasteiger partial charge in [0, 0.05) is 28.5 Å². The first kappa shape index (κ1) is 30.3. The lowest BCUT2D eigenvalue weighted by atomic mass is 10.1. The van der Waals surface area contributed by atoms with Crippen LogP contribution in [0.1, 0.15) is 51.9 Å². The minimum absolute atomic E-state index is 0.252. The van der Waals surface area contributed by atoms with Crippen molar-refractivity contribution < 1.29 is 28.1 Å². The predicted octanol–water partition coefficient (Wildman–Crippen LogP) is 6.74. The van der Waals surface area contributed by atoms with E-state index in [2.05, 4.69) is 20.0 Å². The van der Waals surface area contributed by atoms with Gasteiger partial charge in [-0.25, -0.2) is 13.8 Å². The van der Waals surface area contributed by atoms with Crippen molar-refractivity contribution in [1.82, 2.24) is 4.98 Å². The summed E-state index contributed by atoms with van der Waals surface area (Å²) in [6.45, 7) is 10.3. The van der Waals surface area contributed by atoms with Gasteiger partial charge in [-0.1, -0.05) is 12.1 Å². The summed E-state index contributed by atoms with van der Waals surface area (Å²) < 4.78 is 27.3. The summed E-state index contributed by atoms with van der Waals surface area (Å²) in [5, 5.41) is 5.49. The van der Waals surface area contributed by atoms with E-state index in [0.29, 0.717) is 17.1 Å². The first-order valence-electron chi connectivity index (χ1n) is 12.4. The lowest BCUT2D eigenvalue weighted by Gasteiger charge is -2.21. The Labute approximate surface area is 234 Å². The van der Waals surface area contributed by atoms with Crippen molar-refractivity contribution >= 4 is 39.2 Å². The molecule has 0 bridgehead atoms. The molecular formula is C29H34N4O6S. The van der Waals surface area contributed by atoms with E-state index in [0.717, 1.165) is 5.56 Å². The molecule has 0 saturated heterocycles. The summed E-state index contributed by atoms with van der Waals surface area (Å²) >= 11 is 0. The Balaban J connectivity index is 1.88. The number of carbonyl (C=O) groups excluding carboxylic acids is 3. The monoisotopic (exact) mass is 566 g/mol. The van der Waals surface area contributed by atoms with E-state index >= 15 is 0 Å². The molecule has 0 aliphatic heterocycles. The van der Waals surface area contributed by atoms with E-state index in [4.69, 9.17) is 9.47 Å². The first-order valence-corrected chi connectivity index (χ1v) is 14.4. The van der Waals surface area contributed by atoms with Gasteiger partial charge in [0.25, 0.3) is 5.91 Å². The standard InChI is InChI=1S/C29H34N4O6S/c1-28(2,3)38-26(35)32-23-16-13-20(22-10-8-9-17-30-22)18-24(23)31-25(34)19-11-14-21(15-12-19)40(7,37)33-27(36)39-29(4,5)6/h8-18H,1-7H3,(H,31,34)(H,32,35). The number of rotatable bonds is 5. The summed E-state index contributed by atoms with van der Waals surface area (Å²) in [4.78, 5) is 42.3. The molecule has 0 fully saturated rings. The number of nitrogens with zero attached hydrogens (tertiary/aromatic N) is 2. The maximum Gasteiger partial charge on any atom is 0.442 e. The maximum absolute atomic E-state index is 13.2. The zero-order valence-electron chi connectivity index (χ0n) is 23.6. The van der Waals surface area contributed by atoms with Gasteiger partial charge in [0.1, 0.15) is 11.2 Å². The summed E-state index contributed by atoms with van der Waals surface area (Å²) in [5.41, 5.74) is 0.810. The Morgan fingerprint density at radius 1 is 0.825 bits per heavy atom. The Morgan fingerprint density at radius 2 is 1.48 bits per heavy atom. The zero-order chi connectivity index (χ0) is 29.7. The van der Waals surface area contributed by atoms with Crippen LogP contribution in [0, 0.1) is 0 Å². The Bertz CT molecular complexity index is 1510. The molecule has 1 unspecified atom stereocenters. The Morgan fingerprint density at radius 3 is 2.05 bits per heavy atom. The summed E-state index contributed by atoms with van der Waals surface area (Å²) in [7, 11) is -3.10. The molecule has 0 aliphatic rings. The highest BCUT2D eigenvalue weighted by Crippen LogP contribution is 2.29. The van der Waals surface area contributed by atoms with Gasteiger partial charge in [0.05, 0.1) is 26.8 Å². The second kappa shape index (κ2) is 11.9. The molecule has 1 aromatic heterocycles. The van der Waals surface area contributed by atoms with Gasteiger partial charge in [0.2, 0.25) is 0 Å². The van der Waals surface area contributed by atoms with Crippen molar-refractivity contribution in [3.63, 3.8) is 0 Å². The van der Waals surface area contributed by atoms with Crippen molar-refractivity contribution in [2.24, 2.45) is 4.36 Å². The summed E-state index contributed by atoms with van der Waals surface area (Å²) in [6, 6.07) is 16.5. The molecule has 11 heteroatoms. The second-order valence-corrected chi connectivity index (χ2v) is 13.2. The molecule has 0 spiro atoms. The number of pyridine rings is 1. The Kier molecular flexibility index (Phi) is 8.99. The molecule has 40 heavy (non-hydrogen) atoms. The third kappa shape index (κ3) is 8.91. The lowest BCUT2D eigenvalue weighted by molar-refractivity contribution is 0.0603. The van der Waals surface area contributed by atoms with Crippen LogP contribution < -0.4 is 10.6 Å². The molecule has 3 rings (SSSR count). The summed E-state index contributed by atoms with van der Waals surface area (Å²) in [5.74, 6) is -0.483. The Hall–Kier alpha value is -4.25. The smallest absolute Gasteiger partial charge is 0.442 e. The number of aromatic nitrogens is 1. The van der Waals surface area contributed by atoms with E-state index in [1.54, 1.807) is 72.0 Å². The fourth-order valence-corrected chi connectivity index (χ4v) is 4.46. The molecule has 0 saturated carbocycles. The van der Waals surface area contributed by atoms with Gasteiger partial charge in [-0.3, -0.25) is 15.1 Å². The fraction of sp³-hybridized carbons (Fsp3) is 0.310. The van der Waals surface area contributed by atoms with Crippen LogP contribution >= 0.6 is 0 Å². The largest absolute Gasteiger partial charge is 0.444 e. The van der Waals surface area contributed by atoms with Gasteiger partial charge < -0.3 is 14.8 Å². The second-order valence-electron chi connectivity index (χ2n) is 11.0. The van der Waals surface area contributed by atoms with Crippen LogP contribution in [0.25, 0.3) is 11.3 Å². The summed E-state index contributed by atoms with van der Waals surface area (Å²) in [6.07, 6.45) is 1.37. The molecule has 0 radical (unpaired) electrons. The number of amides is 3. The molecule has 1 heterocycles. The molecule has 2 aromatic carbocycles. The topological polar surface area (TPSA) is 136 Å². The lowest BCUT2D eigenvalue weighted by Crippen LogP contribution is -2.27. The number of anilines is 2. The number of hydrogen-bond acceptors (Lipinski definition) is 7. The van der Waals surface area contributed by atoms with E-state index in [1.807, 2.05) is 12.1 Å². The average molecular weight is 567 g/mol. The van der Waals surface area contributed by atoms with Crippen LogP contribution in [-0.2, 0) is 19.2 Å². The third-order valence-corrected chi connectivity index (χ3v) is 6.70. The van der Waals surface area contributed by atoms with Crippen LogP contribution in [0.15, 0.2) is 76.1 Å². The molecule has 3 aromatic rings. The van der Waals surface area contributed by atoms with E-state index < -0.39 is 39.0 Å². The molecule has 212 valence electrons. The highest BCUT2D eigenvalue weighted by Gasteiger charge is 2.20. The maximum atomic E-state index is 13.2. The van der Waals surface area contributed by atoms with Crippen LogP contribution in [0.5, 0.6) is 0 Å². The minimum Gasteiger partial charge on any atom is -0.444 e. The number of benzene rings is 2. The number of nitrogens with one attached hydrogen (secondary N) is 2.